The lowest BCUT2D eigenvalue weighted by molar-refractivity contribution is -0.113. The maximum atomic E-state index is 12.9. The number of pyridine rings is 2. The van der Waals surface area contributed by atoms with Gasteiger partial charge in [0, 0.05) is 67.4 Å². The van der Waals surface area contributed by atoms with Crippen molar-refractivity contribution in [2.75, 3.05) is 12.4 Å². The highest BCUT2D eigenvalue weighted by Gasteiger charge is 2.14. The quantitative estimate of drug-likeness (QED) is 0.257. The van der Waals surface area contributed by atoms with E-state index in [0.29, 0.717) is 47.0 Å². The number of benzene rings is 1. The van der Waals surface area contributed by atoms with Crippen LogP contribution in [0.2, 0.25) is 0 Å². The molecular formula is C28H28N6O3. The molecule has 9 nitrogen and oxygen atoms in total. The van der Waals surface area contributed by atoms with Gasteiger partial charge in [0.25, 0.3) is 11.8 Å². The van der Waals surface area contributed by atoms with Gasteiger partial charge in [0.05, 0.1) is 0 Å². The molecule has 188 valence electrons. The number of aromatic nitrogens is 3. The van der Waals surface area contributed by atoms with Crippen molar-refractivity contribution in [1.82, 2.24) is 19.7 Å². The Balaban J connectivity index is 1.44. The number of amides is 2. The summed E-state index contributed by atoms with van der Waals surface area (Å²) in [5.41, 5.74) is 3.56. The number of carbonyl (C=O) groups excluding carboxylic acids is 2. The standard InChI is InChI=1S/C28H28N6O3/c1-4-21(8-11-29-3)27(35)33-25-17-22(9-12-30-25)37-24-7-5-6-23(19(24)2)28(36)32-18-20-10-14-34-15-13-31-26(34)16-20/h5-17H,4,18H2,1-3H3,(H,32,36)(H,30,33,35)/b21-8+,29-11?. The average Bonchev–Trinajstić information content (AvgIpc) is 3.37. The zero-order chi connectivity index (χ0) is 26.2. The van der Waals surface area contributed by atoms with Crippen LogP contribution in [0.3, 0.4) is 0 Å². The molecule has 0 aliphatic rings. The molecule has 2 N–H and O–H groups in total. The Morgan fingerprint density at radius 1 is 1.11 bits per heavy atom. The minimum atomic E-state index is -0.256. The van der Waals surface area contributed by atoms with Gasteiger partial charge >= 0.3 is 0 Å². The van der Waals surface area contributed by atoms with Gasteiger partial charge in [0.1, 0.15) is 23.0 Å². The summed E-state index contributed by atoms with van der Waals surface area (Å²) in [6.45, 7) is 4.10. The Hall–Kier alpha value is -4.79. The molecule has 0 bridgehead atoms. The van der Waals surface area contributed by atoms with Crippen LogP contribution in [-0.4, -0.2) is 39.4 Å². The van der Waals surface area contributed by atoms with E-state index in [1.165, 1.54) is 0 Å². The molecule has 4 rings (SSSR count). The van der Waals surface area contributed by atoms with Crippen LogP contribution < -0.4 is 15.4 Å². The molecule has 0 saturated carbocycles. The SMILES string of the molecule is CC/C(=C\C=NC)C(=O)Nc1cc(Oc2cccc(C(=O)NCc3ccn4ccnc4c3)c2C)ccn1. The molecule has 1 aromatic carbocycles. The Kier molecular flexibility index (Phi) is 8.05. The normalized spacial score (nSPS) is 11.6. The van der Waals surface area contributed by atoms with Crippen molar-refractivity contribution in [2.24, 2.45) is 4.99 Å². The molecule has 0 aliphatic carbocycles. The van der Waals surface area contributed by atoms with E-state index in [9.17, 15) is 9.59 Å². The molecule has 3 heterocycles. The van der Waals surface area contributed by atoms with E-state index in [-0.39, 0.29) is 11.8 Å². The summed E-state index contributed by atoms with van der Waals surface area (Å²) in [5, 5.41) is 5.75. The van der Waals surface area contributed by atoms with Gasteiger partial charge in [-0.3, -0.25) is 14.6 Å². The fraction of sp³-hybridized carbons (Fsp3) is 0.179. The Labute approximate surface area is 214 Å². The lowest BCUT2D eigenvalue weighted by atomic mass is 10.1. The predicted molar refractivity (Wildman–Crippen MR) is 143 cm³/mol. The molecule has 0 radical (unpaired) electrons. The van der Waals surface area contributed by atoms with Crippen LogP contribution in [0.5, 0.6) is 11.5 Å². The highest BCUT2D eigenvalue weighted by molar-refractivity contribution is 6.05. The summed E-state index contributed by atoms with van der Waals surface area (Å²) >= 11 is 0. The molecule has 9 heteroatoms. The third-order valence-electron chi connectivity index (χ3n) is 5.74. The lowest BCUT2D eigenvalue weighted by Crippen LogP contribution is -2.23. The second-order valence-corrected chi connectivity index (χ2v) is 8.22. The topological polar surface area (TPSA) is 110 Å². The number of carbonyl (C=O) groups is 2. The number of allylic oxidation sites excluding steroid dienone is 1. The summed E-state index contributed by atoms with van der Waals surface area (Å²) in [6, 6.07) is 12.5. The van der Waals surface area contributed by atoms with Crippen molar-refractivity contribution < 1.29 is 14.3 Å². The Bertz CT molecular complexity index is 1490. The summed E-state index contributed by atoms with van der Waals surface area (Å²) in [5.74, 6) is 0.910. The van der Waals surface area contributed by atoms with Crippen LogP contribution in [0.15, 0.2) is 83.9 Å². The number of hydrogen-bond acceptors (Lipinski definition) is 6. The van der Waals surface area contributed by atoms with Gasteiger partial charge in [0.15, 0.2) is 0 Å². The minimum absolute atomic E-state index is 0.205. The molecule has 0 saturated heterocycles. The van der Waals surface area contributed by atoms with Crippen LogP contribution in [0, 0.1) is 6.92 Å². The first-order valence-electron chi connectivity index (χ1n) is 11.8. The third-order valence-corrected chi connectivity index (χ3v) is 5.74. The summed E-state index contributed by atoms with van der Waals surface area (Å²) in [6.07, 6.45) is 10.9. The first kappa shape index (κ1) is 25.3. The number of aliphatic imine (C=N–C) groups is 1. The number of hydrogen-bond donors (Lipinski definition) is 2. The maximum Gasteiger partial charge on any atom is 0.252 e. The highest BCUT2D eigenvalue weighted by Crippen LogP contribution is 2.28. The molecule has 4 aromatic rings. The van der Waals surface area contributed by atoms with Crippen LogP contribution in [0.1, 0.15) is 34.8 Å². The number of fused-ring (bicyclic) bond motifs is 1. The maximum absolute atomic E-state index is 12.9. The van der Waals surface area contributed by atoms with E-state index in [1.54, 1.807) is 62.1 Å². The van der Waals surface area contributed by atoms with Crippen molar-refractivity contribution in [1.29, 1.82) is 0 Å². The molecule has 3 aromatic heterocycles. The largest absolute Gasteiger partial charge is 0.457 e. The second kappa shape index (κ2) is 11.8. The molecular weight excluding hydrogens is 468 g/mol. The molecule has 0 fully saturated rings. The highest BCUT2D eigenvalue weighted by atomic mass is 16.5. The van der Waals surface area contributed by atoms with Crippen LogP contribution in [-0.2, 0) is 11.3 Å². The molecule has 37 heavy (non-hydrogen) atoms. The molecule has 0 unspecified atom stereocenters. The van der Waals surface area contributed by atoms with E-state index >= 15 is 0 Å². The van der Waals surface area contributed by atoms with Gasteiger partial charge < -0.3 is 19.8 Å². The van der Waals surface area contributed by atoms with E-state index in [1.807, 2.05) is 42.8 Å². The lowest BCUT2D eigenvalue weighted by Gasteiger charge is -2.13. The van der Waals surface area contributed by atoms with Gasteiger partial charge in [-0.15, -0.1) is 0 Å². The van der Waals surface area contributed by atoms with Gasteiger partial charge in [-0.1, -0.05) is 13.0 Å². The fourth-order valence-electron chi connectivity index (χ4n) is 3.70. The van der Waals surface area contributed by atoms with E-state index in [2.05, 4.69) is 25.6 Å². The number of imidazole rings is 1. The van der Waals surface area contributed by atoms with Crippen molar-refractivity contribution in [3.05, 3.63) is 95.6 Å². The van der Waals surface area contributed by atoms with Gasteiger partial charge in [0.2, 0.25) is 0 Å². The average molecular weight is 497 g/mol. The zero-order valence-electron chi connectivity index (χ0n) is 20.9. The number of ether oxygens (including phenoxy) is 1. The predicted octanol–water partition coefficient (Wildman–Crippen LogP) is 4.74. The van der Waals surface area contributed by atoms with E-state index < -0.39 is 0 Å². The fourth-order valence-corrected chi connectivity index (χ4v) is 3.70. The van der Waals surface area contributed by atoms with Gasteiger partial charge in [-0.05, 0) is 55.3 Å². The Morgan fingerprint density at radius 2 is 1.97 bits per heavy atom. The van der Waals surface area contributed by atoms with Gasteiger partial charge in [-0.2, -0.15) is 0 Å². The molecule has 0 spiro atoms. The van der Waals surface area contributed by atoms with Crippen LogP contribution in [0.25, 0.3) is 5.65 Å². The monoisotopic (exact) mass is 496 g/mol. The Morgan fingerprint density at radius 3 is 2.78 bits per heavy atom. The molecule has 0 aliphatic heterocycles. The van der Waals surface area contributed by atoms with E-state index in [0.717, 1.165) is 11.2 Å². The summed E-state index contributed by atoms with van der Waals surface area (Å²) in [4.78, 5) is 37.9. The minimum Gasteiger partial charge on any atom is -0.457 e. The van der Waals surface area contributed by atoms with E-state index in [4.69, 9.17) is 4.74 Å². The second-order valence-electron chi connectivity index (χ2n) is 8.22. The number of nitrogens with zero attached hydrogens (tertiary/aromatic N) is 4. The smallest absolute Gasteiger partial charge is 0.252 e. The zero-order valence-corrected chi connectivity index (χ0v) is 20.9. The van der Waals surface area contributed by atoms with Crippen molar-refractivity contribution in [3.8, 4) is 11.5 Å². The first-order chi connectivity index (χ1) is 18.0. The van der Waals surface area contributed by atoms with Crippen molar-refractivity contribution in [2.45, 2.75) is 26.8 Å². The number of anilines is 1. The molecule has 0 atom stereocenters. The third kappa shape index (κ3) is 6.26. The number of nitrogens with one attached hydrogen (secondary N) is 2. The van der Waals surface area contributed by atoms with Crippen LogP contribution >= 0.6 is 0 Å². The number of rotatable bonds is 9. The van der Waals surface area contributed by atoms with Gasteiger partial charge in [-0.25, -0.2) is 9.97 Å². The van der Waals surface area contributed by atoms with Crippen molar-refractivity contribution >= 4 is 29.5 Å². The van der Waals surface area contributed by atoms with Crippen LogP contribution in [0.4, 0.5) is 5.82 Å². The summed E-state index contributed by atoms with van der Waals surface area (Å²) in [7, 11) is 1.65. The summed E-state index contributed by atoms with van der Waals surface area (Å²) < 4.78 is 7.97. The first-order valence-corrected chi connectivity index (χ1v) is 11.8. The van der Waals surface area contributed by atoms with Crippen molar-refractivity contribution in [3.63, 3.8) is 0 Å². The molecule has 2 amide bonds.